The van der Waals surface area contributed by atoms with Crippen LogP contribution in [-0.4, -0.2) is 37.6 Å². The Bertz CT molecular complexity index is 158. The van der Waals surface area contributed by atoms with Crippen LogP contribution >= 0.6 is 0 Å². The second-order valence-electron chi connectivity index (χ2n) is 4.30. The molecule has 2 rings (SSSR count). The zero-order chi connectivity index (χ0) is 9.15. The number of hydrogen-bond donors (Lipinski definition) is 1. The fraction of sp³-hybridized carbons (Fsp3) is 1.00. The minimum Gasteiger partial charge on any atom is -0.396 e. The first kappa shape index (κ1) is 9.44. The van der Waals surface area contributed by atoms with Gasteiger partial charge in [-0.3, -0.25) is 0 Å². The summed E-state index contributed by atoms with van der Waals surface area (Å²) < 4.78 is 10.9. The van der Waals surface area contributed by atoms with Crippen molar-refractivity contribution in [1.29, 1.82) is 0 Å². The third-order valence-corrected chi connectivity index (χ3v) is 3.21. The van der Waals surface area contributed by atoms with Crippen molar-refractivity contribution in [3.63, 3.8) is 0 Å². The quantitative estimate of drug-likeness (QED) is 0.713. The van der Waals surface area contributed by atoms with Crippen LogP contribution in [0.3, 0.4) is 0 Å². The summed E-state index contributed by atoms with van der Waals surface area (Å²) in [7, 11) is 0. The van der Waals surface area contributed by atoms with E-state index in [1.165, 1.54) is 6.42 Å². The van der Waals surface area contributed by atoms with Crippen molar-refractivity contribution in [3.8, 4) is 0 Å². The molecule has 0 radical (unpaired) electrons. The van der Waals surface area contributed by atoms with E-state index >= 15 is 0 Å². The lowest BCUT2D eigenvalue weighted by molar-refractivity contribution is 0.0230. The van der Waals surface area contributed by atoms with E-state index in [1.54, 1.807) is 0 Å². The van der Waals surface area contributed by atoms with Crippen LogP contribution < -0.4 is 0 Å². The molecule has 2 fully saturated rings. The van der Waals surface area contributed by atoms with Crippen LogP contribution in [0.15, 0.2) is 0 Å². The standard InChI is InChI=1S/C10H18O3/c11-7-10(3-5-12-8-10)6-9-2-1-4-13-9/h9,11H,1-8H2. The van der Waals surface area contributed by atoms with Gasteiger partial charge < -0.3 is 14.6 Å². The third kappa shape index (κ3) is 2.03. The Morgan fingerprint density at radius 1 is 1.38 bits per heavy atom. The van der Waals surface area contributed by atoms with Gasteiger partial charge in [-0.05, 0) is 25.7 Å². The highest BCUT2D eigenvalue weighted by atomic mass is 16.5. The topological polar surface area (TPSA) is 38.7 Å². The third-order valence-electron chi connectivity index (χ3n) is 3.21. The van der Waals surface area contributed by atoms with Crippen molar-refractivity contribution in [2.24, 2.45) is 5.41 Å². The molecule has 2 saturated heterocycles. The maximum absolute atomic E-state index is 9.34. The smallest absolute Gasteiger partial charge is 0.0583 e. The summed E-state index contributed by atoms with van der Waals surface area (Å²) in [6, 6.07) is 0. The van der Waals surface area contributed by atoms with Gasteiger partial charge in [0.2, 0.25) is 0 Å². The molecule has 1 N–H and O–H groups in total. The van der Waals surface area contributed by atoms with Gasteiger partial charge in [-0.15, -0.1) is 0 Å². The Hall–Kier alpha value is -0.120. The van der Waals surface area contributed by atoms with Gasteiger partial charge in [0.1, 0.15) is 0 Å². The second-order valence-corrected chi connectivity index (χ2v) is 4.30. The molecule has 0 aromatic rings. The van der Waals surface area contributed by atoms with Crippen LogP contribution in [-0.2, 0) is 9.47 Å². The molecule has 0 spiro atoms. The van der Waals surface area contributed by atoms with Crippen LogP contribution in [0.1, 0.15) is 25.7 Å². The molecule has 2 aliphatic rings. The van der Waals surface area contributed by atoms with Crippen molar-refractivity contribution < 1.29 is 14.6 Å². The molecule has 0 amide bonds. The van der Waals surface area contributed by atoms with Gasteiger partial charge in [0.05, 0.1) is 19.3 Å². The number of aliphatic hydroxyl groups excluding tert-OH is 1. The molecule has 0 aliphatic carbocycles. The van der Waals surface area contributed by atoms with Gasteiger partial charge in [-0.1, -0.05) is 0 Å². The lowest BCUT2D eigenvalue weighted by Gasteiger charge is -2.27. The van der Waals surface area contributed by atoms with Crippen LogP contribution in [0, 0.1) is 5.41 Å². The van der Waals surface area contributed by atoms with Crippen molar-refractivity contribution >= 4 is 0 Å². The second kappa shape index (κ2) is 3.95. The number of aliphatic hydroxyl groups is 1. The lowest BCUT2D eigenvalue weighted by atomic mass is 9.82. The molecule has 0 bridgehead atoms. The summed E-state index contributed by atoms with van der Waals surface area (Å²) >= 11 is 0. The van der Waals surface area contributed by atoms with Gasteiger partial charge in [-0.2, -0.15) is 0 Å². The zero-order valence-electron chi connectivity index (χ0n) is 8.00. The molecule has 0 aromatic heterocycles. The van der Waals surface area contributed by atoms with E-state index in [1.807, 2.05) is 0 Å². The predicted molar refractivity (Wildman–Crippen MR) is 48.5 cm³/mol. The highest BCUT2D eigenvalue weighted by Crippen LogP contribution is 2.35. The SMILES string of the molecule is OCC1(CC2CCCO2)CCOC1. The van der Waals surface area contributed by atoms with Gasteiger partial charge in [0.15, 0.2) is 0 Å². The Balaban J connectivity index is 1.88. The summed E-state index contributed by atoms with van der Waals surface area (Å²) in [5, 5.41) is 9.34. The first-order valence-corrected chi connectivity index (χ1v) is 5.15. The van der Waals surface area contributed by atoms with E-state index in [2.05, 4.69) is 0 Å². The molecule has 0 saturated carbocycles. The van der Waals surface area contributed by atoms with E-state index in [-0.39, 0.29) is 12.0 Å². The molecular formula is C10H18O3. The zero-order valence-corrected chi connectivity index (χ0v) is 8.00. The first-order chi connectivity index (χ1) is 6.35. The minimum atomic E-state index is 0.00894. The number of ether oxygens (including phenoxy) is 2. The summed E-state index contributed by atoms with van der Waals surface area (Å²) in [5.41, 5.74) is 0.00894. The van der Waals surface area contributed by atoms with Crippen molar-refractivity contribution in [2.75, 3.05) is 26.4 Å². The number of rotatable bonds is 3. The van der Waals surface area contributed by atoms with E-state index in [0.29, 0.717) is 12.7 Å². The first-order valence-electron chi connectivity index (χ1n) is 5.15. The Labute approximate surface area is 79.0 Å². The van der Waals surface area contributed by atoms with Gasteiger partial charge in [0, 0.05) is 18.6 Å². The molecule has 0 aromatic carbocycles. The van der Waals surface area contributed by atoms with Crippen molar-refractivity contribution in [2.45, 2.75) is 31.8 Å². The summed E-state index contributed by atoms with van der Waals surface area (Å²) in [6.07, 6.45) is 4.66. The van der Waals surface area contributed by atoms with Crippen LogP contribution in [0.2, 0.25) is 0 Å². The molecule has 2 aliphatic heterocycles. The average Bonchev–Trinajstić information content (AvgIpc) is 2.77. The van der Waals surface area contributed by atoms with E-state index < -0.39 is 0 Å². The summed E-state index contributed by atoms with van der Waals surface area (Å²) in [6.45, 7) is 2.65. The molecule has 76 valence electrons. The van der Waals surface area contributed by atoms with Crippen LogP contribution in [0.25, 0.3) is 0 Å². The van der Waals surface area contributed by atoms with Crippen LogP contribution in [0.4, 0.5) is 0 Å². The van der Waals surface area contributed by atoms with Crippen molar-refractivity contribution in [3.05, 3.63) is 0 Å². The molecule has 2 heterocycles. The molecule has 3 nitrogen and oxygen atoms in total. The molecule has 3 heteroatoms. The molecular weight excluding hydrogens is 168 g/mol. The normalized spacial score (nSPS) is 39.9. The van der Waals surface area contributed by atoms with Gasteiger partial charge >= 0.3 is 0 Å². The molecule has 2 atom stereocenters. The average molecular weight is 186 g/mol. The Kier molecular flexibility index (Phi) is 2.86. The maximum Gasteiger partial charge on any atom is 0.0583 e. The highest BCUT2D eigenvalue weighted by Gasteiger charge is 2.37. The highest BCUT2D eigenvalue weighted by molar-refractivity contribution is 4.86. The Morgan fingerprint density at radius 2 is 2.31 bits per heavy atom. The summed E-state index contributed by atoms with van der Waals surface area (Å²) in [4.78, 5) is 0. The van der Waals surface area contributed by atoms with E-state index in [9.17, 15) is 5.11 Å². The van der Waals surface area contributed by atoms with E-state index in [4.69, 9.17) is 9.47 Å². The predicted octanol–water partition coefficient (Wildman–Crippen LogP) is 0.954. The van der Waals surface area contributed by atoms with Crippen molar-refractivity contribution in [1.82, 2.24) is 0 Å². The fourth-order valence-electron chi connectivity index (χ4n) is 2.29. The largest absolute Gasteiger partial charge is 0.396 e. The fourth-order valence-corrected chi connectivity index (χ4v) is 2.29. The monoisotopic (exact) mass is 186 g/mol. The minimum absolute atomic E-state index is 0.00894. The van der Waals surface area contributed by atoms with Crippen LogP contribution in [0.5, 0.6) is 0 Å². The maximum atomic E-state index is 9.34. The molecule has 2 unspecified atom stereocenters. The lowest BCUT2D eigenvalue weighted by Crippen LogP contribution is -2.30. The van der Waals surface area contributed by atoms with Gasteiger partial charge in [0.25, 0.3) is 0 Å². The van der Waals surface area contributed by atoms with E-state index in [0.717, 1.165) is 32.5 Å². The number of hydrogen-bond acceptors (Lipinski definition) is 3. The summed E-state index contributed by atoms with van der Waals surface area (Å²) in [5.74, 6) is 0. The Morgan fingerprint density at radius 3 is 2.85 bits per heavy atom. The molecule has 13 heavy (non-hydrogen) atoms. The van der Waals surface area contributed by atoms with Gasteiger partial charge in [-0.25, -0.2) is 0 Å².